The summed E-state index contributed by atoms with van der Waals surface area (Å²) in [6, 6.07) is 0.396. The Morgan fingerprint density at radius 3 is 2.81 bits per heavy atom. The van der Waals surface area contributed by atoms with Crippen LogP contribution >= 0.6 is 0 Å². The van der Waals surface area contributed by atoms with Gasteiger partial charge in [0.05, 0.1) is 25.3 Å². The number of ether oxygens (including phenoxy) is 1. The third kappa shape index (κ3) is 3.46. The molecule has 1 saturated heterocycles. The van der Waals surface area contributed by atoms with Crippen LogP contribution in [0.25, 0.3) is 0 Å². The largest absolute Gasteiger partial charge is 0.377 e. The normalized spacial score (nSPS) is 21.9. The Kier molecular flexibility index (Phi) is 4.74. The fraction of sp³-hybridized carbons (Fsp3) is 0.917. The molecule has 1 unspecified atom stereocenters. The Morgan fingerprint density at radius 2 is 2.25 bits per heavy atom. The molecule has 1 aliphatic rings. The molecule has 1 heterocycles. The van der Waals surface area contributed by atoms with Crippen LogP contribution in [0.2, 0.25) is 0 Å². The monoisotopic (exact) mass is 228 g/mol. The molecule has 0 aliphatic carbocycles. The molecule has 1 fully saturated rings. The summed E-state index contributed by atoms with van der Waals surface area (Å²) in [5.74, 6) is 0.175. The number of amides is 1. The van der Waals surface area contributed by atoms with Crippen LogP contribution < -0.4 is 5.32 Å². The predicted molar refractivity (Wildman–Crippen MR) is 64.4 cm³/mol. The highest BCUT2D eigenvalue weighted by Gasteiger charge is 2.33. The van der Waals surface area contributed by atoms with Gasteiger partial charge in [-0.15, -0.1) is 0 Å². The van der Waals surface area contributed by atoms with E-state index in [1.165, 1.54) is 0 Å². The van der Waals surface area contributed by atoms with E-state index < -0.39 is 0 Å². The average Bonchev–Trinajstić information content (AvgIpc) is 2.24. The lowest BCUT2D eigenvalue weighted by Gasteiger charge is -2.42. The third-order valence-corrected chi connectivity index (χ3v) is 3.16. The van der Waals surface area contributed by atoms with Crippen molar-refractivity contribution in [1.29, 1.82) is 0 Å². The molecule has 0 radical (unpaired) electrons. The van der Waals surface area contributed by atoms with Gasteiger partial charge in [0.1, 0.15) is 0 Å². The first-order valence-corrected chi connectivity index (χ1v) is 6.09. The van der Waals surface area contributed by atoms with Gasteiger partial charge in [-0.1, -0.05) is 6.92 Å². The van der Waals surface area contributed by atoms with Crippen molar-refractivity contribution in [3.63, 3.8) is 0 Å². The maximum absolute atomic E-state index is 12.0. The van der Waals surface area contributed by atoms with E-state index in [1.807, 2.05) is 18.7 Å². The van der Waals surface area contributed by atoms with Gasteiger partial charge in [0.15, 0.2) is 0 Å². The molecule has 94 valence electrons. The van der Waals surface area contributed by atoms with E-state index in [-0.39, 0.29) is 11.4 Å². The highest BCUT2D eigenvalue weighted by molar-refractivity contribution is 5.79. The summed E-state index contributed by atoms with van der Waals surface area (Å²) in [4.78, 5) is 14.0. The van der Waals surface area contributed by atoms with Crippen molar-refractivity contribution in [2.45, 2.75) is 45.7 Å². The predicted octanol–water partition coefficient (Wildman–Crippen LogP) is 1.01. The zero-order valence-electron chi connectivity index (χ0n) is 10.9. The number of nitrogens with one attached hydrogen (secondary N) is 1. The van der Waals surface area contributed by atoms with E-state index in [4.69, 9.17) is 4.74 Å². The fourth-order valence-corrected chi connectivity index (χ4v) is 1.82. The molecule has 4 heteroatoms. The molecule has 1 aliphatic heterocycles. The molecule has 0 spiro atoms. The summed E-state index contributed by atoms with van der Waals surface area (Å²) < 4.78 is 5.40. The number of morpholine rings is 1. The van der Waals surface area contributed by atoms with Crippen LogP contribution in [-0.2, 0) is 9.53 Å². The maximum atomic E-state index is 12.0. The van der Waals surface area contributed by atoms with Gasteiger partial charge in [-0.3, -0.25) is 4.79 Å². The van der Waals surface area contributed by atoms with E-state index in [0.29, 0.717) is 32.3 Å². The molecule has 1 rings (SSSR count). The van der Waals surface area contributed by atoms with Crippen molar-refractivity contribution in [3.05, 3.63) is 0 Å². The van der Waals surface area contributed by atoms with Crippen LogP contribution in [0.15, 0.2) is 0 Å². The van der Waals surface area contributed by atoms with Gasteiger partial charge in [0.2, 0.25) is 5.91 Å². The first-order chi connectivity index (χ1) is 7.47. The summed E-state index contributed by atoms with van der Waals surface area (Å²) in [5, 5.41) is 3.24. The van der Waals surface area contributed by atoms with Crippen LogP contribution in [0.1, 0.15) is 34.1 Å². The topological polar surface area (TPSA) is 41.6 Å². The van der Waals surface area contributed by atoms with Gasteiger partial charge in [-0.05, 0) is 27.2 Å². The smallest absolute Gasteiger partial charge is 0.237 e. The van der Waals surface area contributed by atoms with E-state index in [9.17, 15) is 4.79 Å². The molecule has 1 N–H and O–H groups in total. The Bertz CT molecular complexity index is 241. The molecule has 1 amide bonds. The van der Waals surface area contributed by atoms with Crippen molar-refractivity contribution >= 4 is 5.91 Å². The quantitative estimate of drug-likeness (QED) is 0.781. The minimum absolute atomic E-state index is 0.174. The van der Waals surface area contributed by atoms with Crippen LogP contribution in [0.5, 0.6) is 0 Å². The third-order valence-electron chi connectivity index (χ3n) is 3.16. The Balaban J connectivity index is 2.46. The minimum atomic E-state index is -0.174. The Hall–Kier alpha value is -0.610. The van der Waals surface area contributed by atoms with Crippen molar-refractivity contribution in [3.8, 4) is 0 Å². The molecule has 0 aromatic carbocycles. The van der Waals surface area contributed by atoms with E-state index in [0.717, 1.165) is 6.42 Å². The first-order valence-electron chi connectivity index (χ1n) is 6.09. The second-order valence-electron chi connectivity index (χ2n) is 5.10. The van der Waals surface area contributed by atoms with Crippen LogP contribution in [0.3, 0.4) is 0 Å². The molecule has 16 heavy (non-hydrogen) atoms. The summed E-state index contributed by atoms with van der Waals surface area (Å²) in [5.41, 5.74) is -0.174. The summed E-state index contributed by atoms with van der Waals surface area (Å²) in [6.07, 6.45) is 1.04. The zero-order valence-corrected chi connectivity index (χ0v) is 10.9. The molecule has 0 bridgehead atoms. The van der Waals surface area contributed by atoms with Crippen molar-refractivity contribution < 1.29 is 9.53 Å². The van der Waals surface area contributed by atoms with Gasteiger partial charge in [-0.2, -0.15) is 0 Å². The minimum Gasteiger partial charge on any atom is -0.377 e. The van der Waals surface area contributed by atoms with Gasteiger partial charge >= 0.3 is 0 Å². The van der Waals surface area contributed by atoms with Crippen LogP contribution in [-0.4, -0.2) is 48.7 Å². The van der Waals surface area contributed by atoms with Crippen molar-refractivity contribution in [1.82, 2.24) is 10.2 Å². The highest BCUT2D eigenvalue weighted by Crippen LogP contribution is 2.18. The number of carbonyl (C=O) groups excluding carboxylic acids is 1. The zero-order chi connectivity index (χ0) is 12.2. The molecule has 1 atom stereocenters. The van der Waals surface area contributed by atoms with Gasteiger partial charge < -0.3 is 15.0 Å². The number of rotatable bonds is 4. The summed E-state index contributed by atoms with van der Waals surface area (Å²) >= 11 is 0. The van der Waals surface area contributed by atoms with Gasteiger partial charge in [0.25, 0.3) is 0 Å². The summed E-state index contributed by atoms with van der Waals surface area (Å²) in [6.45, 7) is 10.7. The summed E-state index contributed by atoms with van der Waals surface area (Å²) in [7, 11) is 0. The standard InChI is InChI=1S/C12H24N2O2/c1-5-10(2)13-8-11(15)14-6-7-16-9-12(14,3)4/h10,13H,5-9H2,1-4H3. The first kappa shape index (κ1) is 13.5. The van der Waals surface area contributed by atoms with Crippen LogP contribution in [0.4, 0.5) is 0 Å². The van der Waals surface area contributed by atoms with Gasteiger partial charge in [-0.25, -0.2) is 0 Å². The molecule has 0 aromatic heterocycles. The lowest BCUT2D eigenvalue weighted by atomic mass is 10.0. The molecule has 0 saturated carbocycles. The molecule has 0 aromatic rings. The number of hydrogen-bond acceptors (Lipinski definition) is 3. The SMILES string of the molecule is CCC(C)NCC(=O)N1CCOCC1(C)C. The van der Waals surface area contributed by atoms with Crippen LogP contribution in [0, 0.1) is 0 Å². The second kappa shape index (κ2) is 5.64. The second-order valence-corrected chi connectivity index (χ2v) is 5.10. The number of carbonyl (C=O) groups is 1. The lowest BCUT2D eigenvalue weighted by Crippen LogP contribution is -2.57. The lowest BCUT2D eigenvalue weighted by molar-refractivity contribution is -0.145. The van der Waals surface area contributed by atoms with E-state index >= 15 is 0 Å². The molecule has 4 nitrogen and oxygen atoms in total. The Morgan fingerprint density at radius 1 is 1.56 bits per heavy atom. The number of hydrogen-bond donors (Lipinski definition) is 1. The average molecular weight is 228 g/mol. The highest BCUT2D eigenvalue weighted by atomic mass is 16.5. The van der Waals surface area contributed by atoms with Gasteiger partial charge in [0, 0.05) is 12.6 Å². The maximum Gasteiger partial charge on any atom is 0.237 e. The molecular formula is C12H24N2O2. The van der Waals surface area contributed by atoms with Crippen molar-refractivity contribution in [2.24, 2.45) is 0 Å². The van der Waals surface area contributed by atoms with Crippen molar-refractivity contribution in [2.75, 3.05) is 26.3 Å². The van der Waals surface area contributed by atoms with E-state index in [1.54, 1.807) is 0 Å². The molecular weight excluding hydrogens is 204 g/mol. The van der Waals surface area contributed by atoms with E-state index in [2.05, 4.69) is 19.2 Å². The fourth-order valence-electron chi connectivity index (χ4n) is 1.82. The number of nitrogens with zero attached hydrogens (tertiary/aromatic N) is 1. The Labute approximate surface area is 98.3 Å².